The van der Waals surface area contributed by atoms with E-state index in [-0.39, 0.29) is 41.8 Å². The number of ether oxygens (including phenoxy) is 1. The molecule has 232 valence electrons. The van der Waals surface area contributed by atoms with Crippen molar-refractivity contribution in [3.8, 4) is 11.5 Å². The summed E-state index contributed by atoms with van der Waals surface area (Å²) in [6.45, 7) is 1.76. The standard InChI is InChI=1S/C32H36N4O8/c1-14-6-8-17(9-7-14)44-32(43)34-13-16-12-20(35(2)3)18-10-15-11-19-23(28(39)21(15)27(38)22(18)26(16)37)29(40)24(31(33)42)30(41)25(19)36(4)5/h6-9,12,15,19,23,25,37-38,41H,10-11,13H2,1-5H3,(H2,33,42)(H,34,43)/t15?,19-,23?,25+/m1/s1. The highest BCUT2D eigenvalue weighted by Crippen LogP contribution is 2.52. The van der Waals surface area contributed by atoms with Gasteiger partial charge in [-0.2, -0.15) is 0 Å². The number of rotatable bonds is 6. The highest BCUT2D eigenvalue weighted by Gasteiger charge is 2.56. The van der Waals surface area contributed by atoms with Gasteiger partial charge in [0.25, 0.3) is 5.91 Å². The number of primary amides is 1. The fourth-order valence-corrected chi connectivity index (χ4v) is 6.82. The van der Waals surface area contributed by atoms with Crippen LogP contribution in [0.15, 0.2) is 47.2 Å². The number of nitrogens with two attached hydrogens (primary N) is 1. The first kappa shape index (κ1) is 30.6. The minimum absolute atomic E-state index is 0.0151. The van der Waals surface area contributed by atoms with Gasteiger partial charge in [0, 0.05) is 37.5 Å². The Balaban J connectivity index is 1.53. The van der Waals surface area contributed by atoms with Crippen molar-refractivity contribution >= 4 is 35.0 Å². The van der Waals surface area contributed by atoms with Gasteiger partial charge < -0.3 is 36.0 Å². The molecule has 5 rings (SSSR count). The molecule has 2 aromatic rings. The van der Waals surface area contributed by atoms with E-state index in [1.807, 2.05) is 6.92 Å². The Labute approximate surface area is 254 Å². The van der Waals surface area contributed by atoms with Crippen molar-refractivity contribution in [2.24, 2.45) is 23.5 Å². The Morgan fingerprint density at radius 3 is 2.30 bits per heavy atom. The fourth-order valence-electron chi connectivity index (χ4n) is 6.82. The minimum Gasteiger partial charge on any atom is -0.510 e. The molecule has 0 bridgehead atoms. The number of aliphatic hydroxyl groups excluding tert-OH is 2. The summed E-state index contributed by atoms with van der Waals surface area (Å²) in [6.07, 6.45) is -0.238. The van der Waals surface area contributed by atoms with E-state index < -0.39 is 64.5 Å². The van der Waals surface area contributed by atoms with Crippen LogP contribution >= 0.6 is 0 Å². The van der Waals surface area contributed by atoms with E-state index >= 15 is 0 Å². The smallest absolute Gasteiger partial charge is 0.412 e. The Bertz CT molecular complexity index is 1640. The number of benzene rings is 2. The molecule has 6 N–H and O–H groups in total. The van der Waals surface area contributed by atoms with E-state index in [1.54, 1.807) is 68.3 Å². The number of carbonyl (C=O) groups excluding carboxylic acids is 4. The summed E-state index contributed by atoms with van der Waals surface area (Å²) in [5.74, 6) is -6.12. The van der Waals surface area contributed by atoms with Crippen LogP contribution in [0, 0.1) is 24.7 Å². The number of amides is 2. The van der Waals surface area contributed by atoms with E-state index in [0.717, 1.165) is 5.56 Å². The molecule has 3 aliphatic carbocycles. The number of hydrogen-bond acceptors (Lipinski definition) is 10. The number of likely N-dealkylation sites (N-methyl/N-ethyl adjacent to an activating group) is 1. The number of phenols is 1. The fraction of sp³-hybridized carbons (Fsp3) is 0.375. The van der Waals surface area contributed by atoms with Crippen LogP contribution in [-0.2, 0) is 27.3 Å². The van der Waals surface area contributed by atoms with Crippen molar-refractivity contribution in [2.45, 2.75) is 32.4 Å². The number of aromatic hydroxyl groups is 1. The molecule has 2 aromatic carbocycles. The molecule has 0 aromatic heterocycles. The molecule has 12 nitrogen and oxygen atoms in total. The second-order valence-electron chi connectivity index (χ2n) is 12.0. The summed E-state index contributed by atoms with van der Waals surface area (Å²) in [5, 5.41) is 36.5. The van der Waals surface area contributed by atoms with Gasteiger partial charge in [-0.15, -0.1) is 0 Å². The molecule has 0 spiro atoms. The summed E-state index contributed by atoms with van der Waals surface area (Å²) in [6, 6.07) is 7.80. The molecule has 12 heteroatoms. The molecular weight excluding hydrogens is 568 g/mol. The van der Waals surface area contributed by atoms with Gasteiger partial charge in [-0.3, -0.25) is 19.3 Å². The Morgan fingerprint density at radius 2 is 1.70 bits per heavy atom. The minimum atomic E-state index is -1.34. The molecule has 2 unspecified atom stereocenters. The molecular formula is C32H36N4O8. The van der Waals surface area contributed by atoms with Crippen molar-refractivity contribution < 1.29 is 39.2 Å². The van der Waals surface area contributed by atoms with Crippen molar-refractivity contribution in [3.05, 3.63) is 69.5 Å². The number of hydrogen-bond donors (Lipinski definition) is 5. The predicted octanol–water partition coefficient (Wildman–Crippen LogP) is 2.51. The van der Waals surface area contributed by atoms with Gasteiger partial charge in [0.05, 0.1) is 17.5 Å². The van der Waals surface area contributed by atoms with Gasteiger partial charge in [0.1, 0.15) is 28.6 Å². The maximum absolute atomic E-state index is 14.0. The van der Waals surface area contributed by atoms with Crippen molar-refractivity contribution in [1.82, 2.24) is 10.2 Å². The maximum Gasteiger partial charge on any atom is 0.412 e. The first-order valence-electron chi connectivity index (χ1n) is 14.2. The van der Waals surface area contributed by atoms with Crippen LogP contribution < -0.4 is 20.7 Å². The zero-order chi connectivity index (χ0) is 32.2. The van der Waals surface area contributed by atoms with E-state index in [1.165, 1.54) is 0 Å². The lowest BCUT2D eigenvalue weighted by Gasteiger charge is -2.46. The number of aryl methyl sites for hydroxylation is 1. The number of fused-ring (bicyclic) bond motifs is 3. The molecule has 0 aliphatic heterocycles. The van der Waals surface area contributed by atoms with Crippen molar-refractivity contribution in [3.63, 3.8) is 0 Å². The Morgan fingerprint density at radius 1 is 1.05 bits per heavy atom. The van der Waals surface area contributed by atoms with Crippen LogP contribution in [0.3, 0.4) is 0 Å². The van der Waals surface area contributed by atoms with E-state index in [9.17, 15) is 34.5 Å². The van der Waals surface area contributed by atoms with E-state index in [0.29, 0.717) is 17.0 Å². The second-order valence-corrected chi connectivity index (χ2v) is 12.0. The van der Waals surface area contributed by atoms with Crippen molar-refractivity contribution in [1.29, 1.82) is 0 Å². The number of nitrogens with one attached hydrogen (secondary N) is 1. The zero-order valence-electron chi connectivity index (χ0n) is 25.2. The molecule has 0 heterocycles. The number of phenolic OH excluding ortho intramolecular Hbond substituents is 1. The molecule has 1 fully saturated rings. The second kappa shape index (κ2) is 11.3. The quantitative estimate of drug-likeness (QED) is 0.243. The van der Waals surface area contributed by atoms with Gasteiger partial charge in [0.2, 0.25) is 0 Å². The third kappa shape index (κ3) is 5.04. The average molecular weight is 605 g/mol. The van der Waals surface area contributed by atoms with Crippen LogP contribution in [0.5, 0.6) is 11.5 Å². The largest absolute Gasteiger partial charge is 0.510 e. The number of Topliss-reactive ketones (excluding diaryl/α,β-unsaturated/α-hetero) is 2. The van der Waals surface area contributed by atoms with E-state index in [2.05, 4.69) is 5.32 Å². The lowest BCUT2D eigenvalue weighted by molar-refractivity contribution is -0.136. The monoisotopic (exact) mass is 604 g/mol. The van der Waals surface area contributed by atoms with Gasteiger partial charge >= 0.3 is 6.09 Å². The van der Waals surface area contributed by atoms with Crippen LogP contribution in [0.4, 0.5) is 10.5 Å². The summed E-state index contributed by atoms with van der Waals surface area (Å²) in [5.41, 5.74) is 7.37. The molecule has 1 saturated carbocycles. The highest BCUT2D eigenvalue weighted by molar-refractivity contribution is 6.28. The molecule has 0 saturated heterocycles. The molecule has 4 atom stereocenters. The Kier molecular flexibility index (Phi) is 7.89. The van der Waals surface area contributed by atoms with E-state index in [4.69, 9.17) is 10.5 Å². The Hall–Kier alpha value is -4.84. The number of anilines is 1. The van der Waals surface area contributed by atoms with Gasteiger partial charge in [0.15, 0.2) is 11.6 Å². The molecule has 44 heavy (non-hydrogen) atoms. The predicted molar refractivity (Wildman–Crippen MR) is 161 cm³/mol. The lowest BCUT2D eigenvalue weighted by atomic mass is 9.59. The average Bonchev–Trinajstić information content (AvgIpc) is 2.93. The normalized spacial score (nSPS) is 22.8. The van der Waals surface area contributed by atoms with Crippen LogP contribution in [0.2, 0.25) is 0 Å². The number of aliphatic hydroxyl groups is 2. The number of nitrogens with zero attached hydrogens (tertiary/aromatic N) is 2. The number of allylic oxidation sites excluding steroid dienone is 1. The van der Waals surface area contributed by atoms with Crippen LogP contribution in [0.25, 0.3) is 5.76 Å². The van der Waals surface area contributed by atoms with Crippen molar-refractivity contribution in [2.75, 3.05) is 33.1 Å². The first-order valence-corrected chi connectivity index (χ1v) is 14.2. The number of carbonyl (C=O) groups is 4. The third-order valence-corrected chi connectivity index (χ3v) is 8.76. The molecule has 2 amide bonds. The van der Waals surface area contributed by atoms with Crippen LogP contribution in [-0.4, -0.2) is 78.0 Å². The summed E-state index contributed by atoms with van der Waals surface area (Å²) in [7, 11) is 6.93. The zero-order valence-corrected chi connectivity index (χ0v) is 25.2. The summed E-state index contributed by atoms with van der Waals surface area (Å²) < 4.78 is 5.31. The van der Waals surface area contributed by atoms with Gasteiger partial charge in [-0.1, -0.05) is 17.7 Å². The van der Waals surface area contributed by atoms with Crippen LogP contribution in [0.1, 0.15) is 28.7 Å². The molecule has 0 radical (unpaired) electrons. The third-order valence-electron chi connectivity index (χ3n) is 8.76. The first-order chi connectivity index (χ1) is 20.7. The maximum atomic E-state index is 14.0. The summed E-state index contributed by atoms with van der Waals surface area (Å²) in [4.78, 5) is 55.5. The molecule has 3 aliphatic rings. The lowest BCUT2D eigenvalue weighted by Crippen LogP contribution is -2.55. The van der Waals surface area contributed by atoms with Gasteiger partial charge in [-0.05, 0) is 69.5 Å². The highest BCUT2D eigenvalue weighted by atomic mass is 16.6. The van der Waals surface area contributed by atoms with Gasteiger partial charge in [-0.25, -0.2) is 4.79 Å². The SMILES string of the molecule is Cc1ccc(OC(=O)NCc2cc(N(C)C)c3c(c2O)C(O)=C2C(=O)C4C(=O)C(C(N)=O)=C(O)[C@@H](N(C)C)[C@@H]4CC2C3)cc1. The topological polar surface area (TPSA) is 183 Å². The summed E-state index contributed by atoms with van der Waals surface area (Å²) >= 11 is 0. The number of ketones is 2.